The SMILES string of the molecule is CNC(C#N)COc1ccc(F)cc1Cl. The van der Waals surface area contributed by atoms with Crippen LogP contribution in [0.4, 0.5) is 4.39 Å². The maximum atomic E-state index is 12.7. The molecule has 1 aromatic rings. The van der Waals surface area contributed by atoms with Crippen molar-refractivity contribution in [2.24, 2.45) is 0 Å². The first-order valence-electron chi connectivity index (χ1n) is 4.32. The smallest absolute Gasteiger partial charge is 0.138 e. The van der Waals surface area contributed by atoms with E-state index in [1.54, 1.807) is 7.05 Å². The predicted octanol–water partition coefficient (Wildman–Crippen LogP) is 1.97. The van der Waals surface area contributed by atoms with Gasteiger partial charge in [0.2, 0.25) is 0 Å². The van der Waals surface area contributed by atoms with Gasteiger partial charge >= 0.3 is 0 Å². The first-order chi connectivity index (χ1) is 7.17. The number of nitriles is 1. The lowest BCUT2D eigenvalue weighted by molar-refractivity contribution is 0.294. The summed E-state index contributed by atoms with van der Waals surface area (Å²) in [6, 6.07) is 5.44. The van der Waals surface area contributed by atoms with Gasteiger partial charge in [0.05, 0.1) is 11.1 Å². The predicted molar refractivity (Wildman–Crippen MR) is 55.4 cm³/mol. The fourth-order valence-electron chi connectivity index (χ4n) is 0.951. The van der Waals surface area contributed by atoms with Crippen molar-refractivity contribution in [3.05, 3.63) is 29.0 Å². The number of hydrogen-bond acceptors (Lipinski definition) is 3. The van der Waals surface area contributed by atoms with Crippen molar-refractivity contribution in [2.45, 2.75) is 6.04 Å². The van der Waals surface area contributed by atoms with Crippen molar-refractivity contribution in [2.75, 3.05) is 13.7 Å². The van der Waals surface area contributed by atoms with Gasteiger partial charge in [-0.05, 0) is 25.2 Å². The maximum absolute atomic E-state index is 12.7. The van der Waals surface area contributed by atoms with Gasteiger partial charge in [-0.2, -0.15) is 5.26 Å². The molecular formula is C10H10ClFN2O. The summed E-state index contributed by atoms with van der Waals surface area (Å²) < 4.78 is 17.9. The molecule has 5 heteroatoms. The largest absolute Gasteiger partial charge is 0.489 e. The molecule has 3 nitrogen and oxygen atoms in total. The second-order valence-corrected chi connectivity index (χ2v) is 3.26. The zero-order valence-electron chi connectivity index (χ0n) is 8.13. The van der Waals surface area contributed by atoms with E-state index in [4.69, 9.17) is 21.6 Å². The Balaban J connectivity index is 2.62. The Kier molecular flexibility index (Phi) is 4.35. The highest BCUT2D eigenvalue weighted by molar-refractivity contribution is 6.32. The third-order valence-electron chi connectivity index (χ3n) is 1.80. The number of halogens is 2. The van der Waals surface area contributed by atoms with Crippen molar-refractivity contribution in [1.82, 2.24) is 5.32 Å². The molecule has 1 atom stereocenters. The van der Waals surface area contributed by atoms with Gasteiger partial charge in [-0.15, -0.1) is 0 Å². The maximum Gasteiger partial charge on any atom is 0.138 e. The van der Waals surface area contributed by atoms with Crippen LogP contribution in [-0.4, -0.2) is 19.7 Å². The number of nitrogens with one attached hydrogen (secondary N) is 1. The third kappa shape index (κ3) is 3.39. The van der Waals surface area contributed by atoms with Gasteiger partial charge in [0.25, 0.3) is 0 Å². The molecule has 0 aliphatic carbocycles. The minimum absolute atomic E-state index is 0.165. The Hall–Kier alpha value is -1.31. The van der Waals surface area contributed by atoms with E-state index in [9.17, 15) is 4.39 Å². The lowest BCUT2D eigenvalue weighted by Gasteiger charge is -2.11. The molecule has 1 N–H and O–H groups in total. The molecule has 0 spiro atoms. The van der Waals surface area contributed by atoms with Crippen LogP contribution in [0.5, 0.6) is 5.75 Å². The van der Waals surface area contributed by atoms with Crippen molar-refractivity contribution >= 4 is 11.6 Å². The lowest BCUT2D eigenvalue weighted by Crippen LogP contribution is -2.29. The van der Waals surface area contributed by atoms with Crippen LogP contribution in [-0.2, 0) is 0 Å². The number of rotatable bonds is 4. The van der Waals surface area contributed by atoms with E-state index in [1.165, 1.54) is 12.1 Å². The Bertz CT molecular complexity index is 378. The summed E-state index contributed by atoms with van der Waals surface area (Å²) in [5, 5.41) is 11.6. The van der Waals surface area contributed by atoms with Gasteiger partial charge < -0.3 is 10.1 Å². The summed E-state index contributed by atoms with van der Waals surface area (Å²) in [7, 11) is 1.66. The zero-order valence-corrected chi connectivity index (χ0v) is 8.88. The molecule has 0 fully saturated rings. The Morgan fingerprint density at radius 2 is 2.40 bits per heavy atom. The highest BCUT2D eigenvalue weighted by Gasteiger charge is 2.07. The third-order valence-corrected chi connectivity index (χ3v) is 2.10. The summed E-state index contributed by atoms with van der Waals surface area (Å²) in [5.41, 5.74) is 0. The number of benzene rings is 1. The molecular weight excluding hydrogens is 219 g/mol. The number of likely N-dealkylation sites (N-methyl/N-ethyl adjacent to an activating group) is 1. The van der Waals surface area contributed by atoms with Gasteiger partial charge in [0, 0.05) is 0 Å². The zero-order chi connectivity index (χ0) is 11.3. The minimum atomic E-state index is -0.419. The van der Waals surface area contributed by atoms with Crippen molar-refractivity contribution in [3.63, 3.8) is 0 Å². The molecule has 0 aliphatic rings. The Morgan fingerprint density at radius 1 is 1.67 bits per heavy atom. The first kappa shape index (κ1) is 11.8. The molecule has 0 saturated heterocycles. The monoisotopic (exact) mass is 228 g/mol. The molecule has 0 bridgehead atoms. The van der Waals surface area contributed by atoms with Gasteiger partial charge in [0.1, 0.15) is 24.2 Å². The van der Waals surface area contributed by atoms with E-state index in [-0.39, 0.29) is 11.6 Å². The summed E-state index contributed by atoms with van der Waals surface area (Å²) in [4.78, 5) is 0. The molecule has 80 valence electrons. The van der Waals surface area contributed by atoms with Crippen molar-refractivity contribution in [1.29, 1.82) is 5.26 Å². The molecule has 0 radical (unpaired) electrons. The lowest BCUT2D eigenvalue weighted by atomic mass is 10.3. The summed E-state index contributed by atoms with van der Waals surface area (Å²) >= 11 is 5.73. The van der Waals surface area contributed by atoms with Crippen molar-refractivity contribution < 1.29 is 9.13 Å². The van der Waals surface area contributed by atoms with Crippen LogP contribution in [0.3, 0.4) is 0 Å². The average Bonchev–Trinajstić information content (AvgIpc) is 2.22. The molecule has 0 aliphatic heterocycles. The van der Waals surface area contributed by atoms with Crippen LogP contribution in [0.25, 0.3) is 0 Å². The Morgan fingerprint density at radius 3 is 2.93 bits per heavy atom. The fourth-order valence-corrected chi connectivity index (χ4v) is 1.17. The van der Waals surface area contributed by atoms with Gasteiger partial charge in [-0.3, -0.25) is 0 Å². The van der Waals surface area contributed by atoms with Crippen LogP contribution < -0.4 is 10.1 Å². The van der Waals surface area contributed by atoms with E-state index in [0.29, 0.717) is 5.75 Å². The highest BCUT2D eigenvalue weighted by atomic mass is 35.5. The Labute approximate surface area is 92.4 Å². The van der Waals surface area contributed by atoms with E-state index in [2.05, 4.69) is 5.32 Å². The van der Waals surface area contributed by atoms with E-state index >= 15 is 0 Å². The van der Waals surface area contributed by atoms with E-state index < -0.39 is 11.9 Å². The quantitative estimate of drug-likeness (QED) is 0.857. The van der Waals surface area contributed by atoms with E-state index in [1.807, 2.05) is 6.07 Å². The van der Waals surface area contributed by atoms with Gasteiger partial charge in [-0.25, -0.2) is 4.39 Å². The van der Waals surface area contributed by atoms with Crippen LogP contribution >= 0.6 is 11.6 Å². The van der Waals surface area contributed by atoms with Gasteiger partial charge in [0.15, 0.2) is 0 Å². The second-order valence-electron chi connectivity index (χ2n) is 2.86. The molecule has 1 rings (SSSR count). The number of ether oxygens (including phenoxy) is 1. The highest BCUT2D eigenvalue weighted by Crippen LogP contribution is 2.24. The standard InChI is InChI=1S/C10H10ClFN2O/c1-14-8(5-13)6-15-10-3-2-7(12)4-9(10)11/h2-4,8,14H,6H2,1H3. The van der Waals surface area contributed by atoms with Crippen LogP contribution in [0.15, 0.2) is 18.2 Å². The average molecular weight is 229 g/mol. The molecule has 0 aromatic heterocycles. The molecule has 0 heterocycles. The second kappa shape index (κ2) is 5.54. The first-order valence-corrected chi connectivity index (χ1v) is 4.70. The topological polar surface area (TPSA) is 45.0 Å². The van der Waals surface area contributed by atoms with Crippen molar-refractivity contribution in [3.8, 4) is 11.8 Å². The van der Waals surface area contributed by atoms with E-state index in [0.717, 1.165) is 6.07 Å². The number of nitrogens with zero attached hydrogens (tertiary/aromatic N) is 1. The number of hydrogen-bond donors (Lipinski definition) is 1. The molecule has 0 saturated carbocycles. The van der Waals surface area contributed by atoms with Crippen LogP contribution in [0.1, 0.15) is 0 Å². The fraction of sp³-hybridized carbons (Fsp3) is 0.300. The molecule has 0 amide bonds. The molecule has 15 heavy (non-hydrogen) atoms. The summed E-state index contributed by atoms with van der Waals surface area (Å²) in [5.74, 6) is -0.0497. The van der Waals surface area contributed by atoms with Crippen LogP contribution in [0.2, 0.25) is 5.02 Å². The summed E-state index contributed by atoms with van der Waals surface area (Å²) in [6.45, 7) is 0.165. The molecule has 1 unspecified atom stereocenters. The van der Waals surface area contributed by atoms with Gasteiger partial charge in [-0.1, -0.05) is 11.6 Å². The minimum Gasteiger partial charge on any atom is -0.489 e. The summed E-state index contributed by atoms with van der Waals surface area (Å²) in [6.07, 6.45) is 0. The normalized spacial score (nSPS) is 11.9. The molecule has 1 aromatic carbocycles. The van der Waals surface area contributed by atoms with Crippen LogP contribution in [0, 0.1) is 17.1 Å².